The smallest absolute Gasteiger partial charge is 0.323 e. The average Bonchev–Trinajstić information content (AvgIpc) is 2.61. The second-order valence-electron chi connectivity index (χ2n) is 3.52. The highest BCUT2D eigenvalue weighted by atomic mass is 35.5. The van der Waals surface area contributed by atoms with Gasteiger partial charge in [-0.2, -0.15) is 0 Å². The number of esters is 1. The molecule has 1 aromatic rings. The van der Waals surface area contributed by atoms with Crippen molar-refractivity contribution in [2.75, 3.05) is 6.61 Å². The summed E-state index contributed by atoms with van der Waals surface area (Å²) >= 11 is 5.85. The number of halogens is 1. The zero-order chi connectivity index (χ0) is 10.7. The quantitative estimate of drug-likeness (QED) is 0.797. The van der Waals surface area contributed by atoms with E-state index in [1.54, 1.807) is 0 Å². The van der Waals surface area contributed by atoms with Gasteiger partial charge >= 0.3 is 5.97 Å². The Labute approximate surface area is 93.4 Å². The molecule has 0 amide bonds. The predicted molar refractivity (Wildman–Crippen MR) is 57.7 cm³/mol. The molecule has 2 rings (SSSR count). The van der Waals surface area contributed by atoms with Crippen LogP contribution in [0.15, 0.2) is 24.3 Å². The van der Waals surface area contributed by atoms with E-state index in [9.17, 15) is 4.79 Å². The Bertz CT molecular complexity index is 367. The Morgan fingerprint density at radius 2 is 2.40 bits per heavy atom. The van der Waals surface area contributed by atoms with Gasteiger partial charge < -0.3 is 10.1 Å². The third kappa shape index (κ3) is 2.70. The van der Waals surface area contributed by atoms with Crippen LogP contribution in [0.25, 0.3) is 0 Å². The van der Waals surface area contributed by atoms with Gasteiger partial charge in [-0.15, -0.1) is 0 Å². The molecule has 15 heavy (non-hydrogen) atoms. The van der Waals surface area contributed by atoms with Gasteiger partial charge in [-0.05, 0) is 17.7 Å². The van der Waals surface area contributed by atoms with Gasteiger partial charge in [0.05, 0.1) is 6.61 Å². The van der Waals surface area contributed by atoms with Crippen LogP contribution in [0, 0.1) is 0 Å². The lowest BCUT2D eigenvalue weighted by atomic mass is 10.2. The lowest BCUT2D eigenvalue weighted by Crippen LogP contribution is -2.32. The molecule has 4 heteroatoms. The molecular weight excluding hydrogens is 214 g/mol. The summed E-state index contributed by atoms with van der Waals surface area (Å²) in [4.78, 5) is 11.2. The van der Waals surface area contributed by atoms with E-state index in [0.717, 1.165) is 12.0 Å². The number of hydrogen-bond donors (Lipinski definition) is 1. The van der Waals surface area contributed by atoms with Crippen LogP contribution in [0.3, 0.4) is 0 Å². The summed E-state index contributed by atoms with van der Waals surface area (Å²) < 4.78 is 4.85. The summed E-state index contributed by atoms with van der Waals surface area (Å²) in [7, 11) is 0. The summed E-state index contributed by atoms with van der Waals surface area (Å²) in [5.41, 5.74) is 1.07. The Hall–Kier alpha value is -1.06. The number of nitrogens with one attached hydrogen (secondary N) is 1. The molecule has 0 saturated carbocycles. The molecule has 1 unspecified atom stereocenters. The molecule has 3 nitrogen and oxygen atoms in total. The van der Waals surface area contributed by atoms with E-state index in [-0.39, 0.29) is 12.0 Å². The van der Waals surface area contributed by atoms with Crippen LogP contribution in [-0.4, -0.2) is 18.6 Å². The highest BCUT2D eigenvalue weighted by Crippen LogP contribution is 2.12. The Morgan fingerprint density at radius 1 is 1.53 bits per heavy atom. The first-order valence-electron chi connectivity index (χ1n) is 4.90. The number of cyclic esters (lactones) is 1. The van der Waals surface area contributed by atoms with Crippen LogP contribution in [0.1, 0.15) is 12.0 Å². The van der Waals surface area contributed by atoms with Crippen molar-refractivity contribution >= 4 is 17.6 Å². The number of rotatable bonds is 3. The lowest BCUT2D eigenvalue weighted by Gasteiger charge is -2.08. The second-order valence-corrected chi connectivity index (χ2v) is 3.96. The highest BCUT2D eigenvalue weighted by molar-refractivity contribution is 6.30. The fraction of sp³-hybridized carbons (Fsp3) is 0.364. The van der Waals surface area contributed by atoms with Crippen molar-refractivity contribution in [1.82, 2.24) is 5.32 Å². The Kier molecular flexibility index (Phi) is 3.23. The van der Waals surface area contributed by atoms with E-state index < -0.39 is 0 Å². The van der Waals surface area contributed by atoms with Gasteiger partial charge in [0, 0.05) is 18.0 Å². The first kappa shape index (κ1) is 10.5. The van der Waals surface area contributed by atoms with Gasteiger partial charge in [0.15, 0.2) is 0 Å². The van der Waals surface area contributed by atoms with Crippen LogP contribution in [0.2, 0.25) is 5.02 Å². The van der Waals surface area contributed by atoms with Crippen molar-refractivity contribution in [2.45, 2.75) is 19.0 Å². The molecule has 1 saturated heterocycles. The summed E-state index contributed by atoms with van der Waals surface area (Å²) in [6.45, 7) is 1.16. The maximum absolute atomic E-state index is 11.2. The fourth-order valence-corrected chi connectivity index (χ4v) is 1.78. The van der Waals surface area contributed by atoms with Crippen molar-refractivity contribution in [2.24, 2.45) is 0 Å². The minimum Gasteiger partial charge on any atom is -0.464 e. The predicted octanol–water partition coefficient (Wildman–Crippen LogP) is 1.75. The van der Waals surface area contributed by atoms with Crippen molar-refractivity contribution in [3.63, 3.8) is 0 Å². The van der Waals surface area contributed by atoms with E-state index in [2.05, 4.69) is 5.32 Å². The van der Waals surface area contributed by atoms with E-state index in [4.69, 9.17) is 16.3 Å². The SMILES string of the molecule is O=C1OCCC1NCc1cccc(Cl)c1. The third-order valence-electron chi connectivity index (χ3n) is 2.38. The maximum atomic E-state index is 11.2. The largest absolute Gasteiger partial charge is 0.464 e. The van der Waals surface area contributed by atoms with E-state index in [1.165, 1.54) is 0 Å². The molecular formula is C11H12ClNO2. The summed E-state index contributed by atoms with van der Waals surface area (Å²) in [5.74, 6) is -0.156. The van der Waals surface area contributed by atoms with Crippen LogP contribution in [-0.2, 0) is 16.1 Å². The molecule has 1 aliphatic heterocycles. The van der Waals surface area contributed by atoms with Gasteiger partial charge in [0.1, 0.15) is 6.04 Å². The molecule has 0 aliphatic carbocycles. The van der Waals surface area contributed by atoms with Crippen LogP contribution in [0.4, 0.5) is 0 Å². The van der Waals surface area contributed by atoms with E-state index >= 15 is 0 Å². The fourth-order valence-electron chi connectivity index (χ4n) is 1.57. The van der Waals surface area contributed by atoms with Gasteiger partial charge in [0.2, 0.25) is 0 Å². The van der Waals surface area contributed by atoms with Gasteiger partial charge in [-0.1, -0.05) is 23.7 Å². The van der Waals surface area contributed by atoms with Gasteiger partial charge in [0.25, 0.3) is 0 Å². The molecule has 0 radical (unpaired) electrons. The third-order valence-corrected chi connectivity index (χ3v) is 2.61. The molecule has 1 heterocycles. The van der Waals surface area contributed by atoms with Gasteiger partial charge in [-0.3, -0.25) is 4.79 Å². The maximum Gasteiger partial charge on any atom is 0.323 e. The molecule has 0 aromatic heterocycles. The molecule has 0 spiro atoms. The number of carbonyl (C=O) groups is 1. The monoisotopic (exact) mass is 225 g/mol. The number of hydrogen-bond acceptors (Lipinski definition) is 3. The van der Waals surface area contributed by atoms with Crippen LogP contribution >= 0.6 is 11.6 Å². The normalized spacial score (nSPS) is 20.3. The topological polar surface area (TPSA) is 38.3 Å². The summed E-state index contributed by atoms with van der Waals surface area (Å²) in [6.07, 6.45) is 0.749. The number of benzene rings is 1. The molecule has 1 fully saturated rings. The molecule has 1 aromatic carbocycles. The molecule has 1 atom stereocenters. The van der Waals surface area contributed by atoms with E-state index in [1.807, 2.05) is 24.3 Å². The second kappa shape index (κ2) is 4.64. The number of ether oxygens (including phenoxy) is 1. The van der Waals surface area contributed by atoms with Gasteiger partial charge in [-0.25, -0.2) is 0 Å². The van der Waals surface area contributed by atoms with Crippen molar-refractivity contribution in [3.8, 4) is 0 Å². The van der Waals surface area contributed by atoms with Crippen LogP contribution in [0.5, 0.6) is 0 Å². The average molecular weight is 226 g/mol. The first-order chi connectivity index (χ1) is 7.25. The van der Waals surface area contributed by atoms with Crippen LogP contribution < -0.4 is 5.32 Å². The Balaban J connectivity index is 1.90. The minimum absolute atomic E-state index is 0.156. The van der Waals surface area contributed by atoms with Crippen molar-refractivity contribution < 1.29 is 9.53 Å². The minimum atomic E-state index is -0.163. The number of carbonyl (C=O) groups excluding carboxylic acids is 1. The standard InChI is InChI=1S/C11H12ClNO2/c12-9-3-1-2-8(6-9)7-13-10-4-5-15-11(10)14/h1-3,6,10,13H,4-5,7H2. The van der Waals surface area contributed by atoms with E-state index in [0.29, 0.717) is 18.2 Å². The first-order valence-corrected chi connectivity index (χ1v) is 5.28. The highest BCUT2D eigenvalue weighted by Gasteiger charge is 2.25. The zero-order valence-corrected chi connectivity index (χ0v) is 8.96. The molecule has 0 bridgehead atoms. The zero-order valence-electron chi connectivity index (χ0n) is 8.20. The molecule has 1 N–H and O–H groups in total. The lowest BCUT2D eigenvalue weighted by molar-refractivity contribution is -0.139. The molecule has 80 valence electrons. The van der Waals surface area contributed by atoms with Crippen molar-refractivity contribution in [3.05, 3.63) is 34.9 Å². The Morgan fingerprint density at radius 3 is 3.07 bits per heavy atom. The molecule has 1 aliphatic rings. The summed E-state index contributed by atoms with van der Waals surface area (Å²) in [5, 5.41) is 3.85. The summed E-state index contributed by atoms with van der Waals surface area (Å²) in [6, 6.07) is 7.42. The van der Waals surface area contributed by atoms with Crippen molar-refractivity contribution in [1.29, 1.82) is 0 Å².